The van der Waals surface area contributed by atoms with Crippen LogP contribution in [0.25, 0.3) is 0 Å². The molecule has 0 radical (unpaired) electrons. The molecular formula is C23H26Cl2F4N2O3S2. The Bertz CT molecular complexity index is 1140. The van der Waals surface area contributed by atoms with E-state index in [0.29, 0.717) is 5.25 Å². The number of pyridine rings is 1. The molecule has 0 aliphatic heterocycles. The number of halogens is 6. The molecular weight excluding hydrogens is 563 g/mol. The highest BCUT2D eigenvalue weighted by molar-refractivity contribution is 8.37. The second-order valence-electron chi connectivity index (χ2n) is 9.48. The van der Waals surface area contributed by atoms with E-state index in [0.717, 1.165) is 31.2 Å². The van der Waals surface area contributed by atoms with Crippen LogP contribution in [0.4, 0.5) is 17.6 Å². The van der Waals surface area contributed by atoms with Crippen LogP contribution < -0.4 is 9.47 Å². The molecule has 13 heteroatoms. The summed E-state index contributed by atoms with van der Waals surface area (Å²) in [6.45, 7) is 4.59. The van der Waals surface area contributed by atoms with Crippen LogP contribution in [0.5, 0.6) is 17.4 Å². The van der Waals surface area contributed by atoms with E-state index in [9.17, 15) is 18.0 Å². The molecule has 1 aliphatic rings. The first-order chi connectivity index (χ1) is 16.5. The summed E-state index contributed by atoms with van der Waals surface area (Å²) in [4.78, 5) is 17.2. The molecule has 0 atom stereocenters. The van der Waals surface area contributed by atoms with Crippen LogP contribution in [0, 0.1) is 5.82 Å². The van der Waals surface area contributed by atoms with Gasteiger partial charge < -0.3 is 9.47 Å². The highest BCUT2D eigenvalue weighted by Gasteiger charge is 2.41. The fraction of sp³-hybridized carbons (Fsp3) is 0.478. The molecule has 0 spiro atoms. The van der Waals surface area contributed by atoms with Gasteiger partial charge in [0.05, 0.1) is 16.8 Å². The van der Waals surface area contributed by atoms with Gasteiger partial charge in [-0.05, 0) is 43.4 Å². The minimum atomic E-state index is -4.55. The molecule has 5 nitrogen and oxygen atoms in total. The molecule has 2 aromatic rings. The molecule has 36 heavy (non-hydrogen) atoms. The zero-order valence-corrected chi connectivity index (χ0v) is 23.4. The third kappa shape index (κ3) is 7.05. The Morgan fingerprint density at radius 3 is 2.33 bits per heavy atom. The Labute approximate surface area is 223 Å². The van der Waals surface area contributed by atoms with Gasteiger partial charge in [0, 0.05) is 22.1 Å². The topological polar surface area (TPSA) is 51.7 Å². The van der Waals surface area contributed by atoms with Crippen LogP contribution >= 0.6 is 45.4 Å². The molecule has 1 heterocycles. The predicted molar refractivity (Wildman–Crippen MR) is 138 cm³/mol. The maximum atomic E-state index is 15.2. The van der Waals surface area contributed by atoms with Crippen LogP contribution in [0.2, 0.25) is 10.0 Å². The van der Waals surface area contributed by atoms with Crippen molar-refractivity contribution in [3.05, 3.63) is 45.8 Å². The van der Waals surface area contributed by atoms with E-state index in [4.69, 9.17) is 27.9 Å². The molecule has 3 rings (SSSR count). The first-order valence-corrected chi connectivity index (χ1v) is 14.8. The number of hydrogen-bond acceptors (Lipinski definition) is 5. The fourth-order valence-electron chi connectivity index (χ4n) is 2.64. The van der Waals surface area contributed by atoms with Gasteiger partial charge >= 0.3 is 6.18 Å². The van der Waals surface area contributed by atoms with Crippen LogP contribution in [0.15, 0.2) is 24.4 Å². The molecule has 1 aromatic carbocycles. The number of hydrogen-bond donors (Lipinski definition) is 0. The summed E-state index contributed by atoms with van der Waals surface area (Å²) in [7, 11) is -1.65. The second kappa shape index (κ2) is 10.7. The number of amides is 1. The Morgan fingerprint density at radius 2 is 1.81 bits per heavy atom. The Hall–Kier alpha value is -1.56. The monoisotopic (exact) mass is 588 g/mol. The highest BCUT2D eigenvalue weighted by atomic mass is 35.5. The smallest absolute Gasteiger partial charge is 0.422 e. The molecule has 1 aromatic heterocycles. The van der Waals surface area contributed by atoms with Crippen molar-refractivity contribution in [3.8, 4) is 17.4 Å². The molecule has 0 saturated heterocycles. The molecule has 0 unspecified atom stereocenters. The fourth-order valence-corrected chi connectivity index (χ4v) is 6.77. The lowest BCUT2D eigenvalue weighted by Crippen LogP contribution is -2.38. The Morgan fingerprint density at radius 1 is 1.17 bits per heavy atom. The van der Waals surface area contributed by atoms with Gasteiger partial charge in [-0.1, -0.05) is 44.0 Å². The van der Waals surface area contributed by atoms with Gasteiger partial charge in [-0.2, -0.15) is 23.4 Å². The predicted octanol–water partition coefficient (Wildman–Crippen LogP) is 8.29. The van der Waals surface area contributed by atoms with Crippen LogP contribution in [0.3, 0.4) is 0 Å². The summed E-state index contributed by atoms with van der Waals surface area (Å²) < 4.78 is 63.8. The van der Waals surface area contributed by atoms with Crippen molar-refractivity contribution >= 4 is 51.3 Å². The summed E-state index contributed by atoms with van der Waals surface area (Å²) in [5.74, 6) is -1.85. The zero-order chi connectivity index (χ0) is 27.1. The number of carbonyl (C=O) groups excluding carboxylic acids is 1. The number of aromatic nitrogens is 1. The molecule has 1 saturated carbocycles. The Kier molecular flexibility index (Phi) is 8.59. The third-order valence-corrected chi connectivity index (χ3v) is 12.5. The molecule has 1 fully saturated rings. The average molecular weight is 590 g/mol. The van der Waals surface area contributed by atoms with Gasteiger partial charge in [-0.25, -0.2) is 13.1 Å². The lowest BCUT2D eigenvalue weighted by molar-refractivity contribution is -0.154. The van der Waals surface area contributed by atoms with E-state index in [1.54, 1.807) is 3.71 Å². The SMILES string of the molecule is CC(C)(C)S(C)(C)N(SC1CC1)C(=O)c1cc(Cl)c(Oc2cnc(OCC(F)(F)F)c(Cl)c2)cc1F. The quantitative estimate of drug-likeness (QED) is 0.229. The van der Waals surface area contributed by atoms with Crippen molar-refractivity contribution < 1.29 is 31.8 Å². The van der Waals surface area contributed by atoms with Crippen LogP contribution in [0.1, 0.15) is 44.0 Å². The van der Waals surface area contributed by atoms with Crippen molar-refractivity contribution in [1.82, 2.24) is 8.69 Å². The highest BCUT2D eigenvalue weighted by Crippen LogP contribution is 2.61. The first-order valence-electron chi connectivity index (χ1n) is 10.8. The lowest BCUT2D eigenvalue weighted by Gasteiger charge is -2.51. The number of alkyl halides is 3. The van der Waals surface area contributed by atoms with E-state index in [2.05, 4.69) is 30.5 Å². The van der Waals surface area contributed by atoms with E-state index in [1.165, 1.54) is 18.0 Å². The van der Waals surface area contributed by atoms with Gasteiger partial charge in [0.2, 0.25) is 5.88 Å². The van der Waals surface area contributed by atoms with Gasteiger partial charge in [-0.15, -0.1) is 0 Å². The lowest BCUT2D eigenvalue weighted by atomic mass is 10.2. The molecule has 0 N–H and O–H groups in total. The summed E-state index contributed by atoms with van der Waals surface area (Å²) >= 11 is 13.7. The molecule has 200 valence electrons. The van der Waals surface area contributed by atoms with E-state index < -0.39 is 40.6 Å². The van der Waals surface area contributed by atoms with Crippen molar-refractivity contribution in [2.45, 2.75) is 49.8 Å². The first kappa shape index (κ1) is 29.0. The zero-order valence-electron chi connectivity index (χ0n) is 20.2. The summed E-state index contributed by atoms with van der Waals surface area (Å²) in [6.07, 6.45) is 2.56. The number of benzene rings is 1. The summed E-state index contributed by atoms with van der Waals surface area (Å²) in [6, 6.07) is 3.36. The largest absolute Gasteiger partial charge is 0.467 e. The van der Waals surface area contributed by atoms with Gasteiger partial charge in [0.25, 0.3) is 5.91 Å². The maximum absolute atomic E-state index is 15.2. The average Bonchev–Trinajstić information content (AvgIpc) is 3.56. The number of carbonyl (C=O) groups is 1. The normalized spacial score (nSPS) is 15.0. The van der Waals surface area contributed by atoms with Gasteiger partial charge in [0.15, 0.2) is 6.61 Å². The van der Waals surface area contributed by atoms with Crippen LogP contribution in [-0.2, 0) is 0 Å². The van der Waals surface area contributed by atoms with E-state index in [1.807, 2.05) is 12.5 Å². The number of nitrogens with zero attached hydrogens (tertiary/aromatic N) is 2. The molecule has 1 amide bonds. The third-order valence-electron chi connectivity index (χ3n) is 5.48. The standard InChI is InChI=1S/C23H26Cl2F4N2O3S2/c1-22(2,3)36(4,5)31(35-14-6-7-14)21(32)15-9-16(24)19(10-18(15)26)34-13-8-17(25)20(30-11-13)33-12-23(27,28)29/h8-11,14H,6-7,12H2,1-5H3. The van der Waals surface area contributed by atoms with Crippen molar-refractivity contribution in [1.29, 1.82) is 0 Å². The van der Waals surface area contributed by atoms with Crippen molar-refractivity contribution in [2.75, 3.05) is 19.1 Å². The minimum Gasteiger partial charge on any atom is -0.467 e. The van der Waals surface area contributed by atoms with Gasteiger partial charge in [0.1, 0.15) is 22.3 Å². The maximum Gasteiger partial charge on any atom is 0.422 e. The molecule has 0 bridgehead atoms. The minimum absolute atomic E-state index is 0.0102. The van der Waals surface area contributed by atoms with Crippen LogP contribution in [-0.4, -0.2) is 49.9 Å². The Balaban J connectivity index is 1.84. The second-order valence-corrected chi connectivity index (χ2v) is 15.9. The number of ether oxygens (including phenoxy) is 2. The molecule has 1 aliphatic carbocycles. The van der Waals surface area contributed by atoms with E-state index in [-0.39, 0.29) is 31.9 Å². The van der Waals surface area contributed by atoms with Crippen molar-refractivity contribution in [2.24, 2.45) is 0 Å². The van der Waals surface area contributed by atoms with Crippen molar-refractivity contribution in [3.63, 3.8) is 0 Å². The van der Waals surface area contributed by atoms with Gasteiger partial charge in [-0.3, -0.25) is 4.79 Å². The summed E-state index contributed by atoms with van der Waals surface area (Å²) in [5, 5.41) is 0.0537. The number of rotatable bonds is 8. The van der Waals surface area contributed by atoms with E-state index >= 15 is 4.39 Å². The summed E-state index contributed by atoms with van der Waals surface area (Å²) in [5.41, 5.74) is -0.183.